The van der Waals surface area contributed by atoms with E-state index < -0.39 is 0 Å². The van der Waals surface area contributed by atoms with Gasteiger partial charge in [-0.3, -0.25) is 4.79 Å². The Labute approximate surface area is 208 Å². The maximum absolute atomic E-state index is 9.60. The van der Waals surface area contributed by atoms with E-state index in [9.17, 15) is 10.1 Å². The van der Waals surface area contributed by atoms with Crippen molar-refractivity contribution in [1.29, 1.82) is 5.26 Å². The number of rotatable bonds is 7. The molecule has 0 bridgehead atoms. The number of nitrogens with zero attached hydrogens (tertiary/aromatic N) is 3. The van der Waals surface area contributed by atoms with Crippen molar-refractivity contribution in [1.82, 2.24) is 14.8 Å². The molecule has 1 aliphatic heterocycles. The molecular formula is C29H36N4O2. The second kappa shape index (κ2) is 12.9. The molecule has 1 aromatic heterocycles. The smallest absolute Gasteiger partial charge is 0.293 e. The van der Waals surface area contributed by atoms with Crippen LogP contribution in [0, 0.1) is 11.3 Å². The summed E-state index contributed by atoms with van der Waals surface area (Å²) < 4.78 is 6.83. The molecule has 1 aliphatic rings. The highest BCUT2D eigenvalue weighted by atomic mass is 16.5. The first kappa shape index (κ1) is 26.2. The van der Waals surface area contributed by atoms with E-state index in [-0.39, 0.29) is 5.60 Å². The zero-order valence-corrected chi connectivity index (χ0v) is 21.0. The maximum Gasteiger partial charge on any atom is 0.293 e. The number of fused-ring (bicyclic) bond motifs is 1. The topological polar surface area (TPSA) is 70.3 Å². The first-order valence-electron chi connectivity index (χ1n) is 12.2. The van der Waals surface area contributed by atoms with Crippen LogP contribution in [0.2, 0.25) is 0 Å². The number of aromatic nitrogens is 1. The number of hydrogen-bond donors (Lipinski definition) is 1. The minimum Gasteiger partial charge on any atom is -0.462 e. The third kappa shape index (κ3) is 8.40. The summed E-state index contributed by atoms with van der Waals surface area (Å²) in [6, 6.07) is 18.7. The number of nitrogens with one attached hydrogen (secondary N) is 1. The molecular weight excluding hydrogens is 436 g/mol. The minimum absolute atomic E-state index is 0.318. The quantitative estimate of drug-likeness (QED) is 0.499. The van der Waals surface area contributed by atoms with Gasteiger partial charge in [0.1, 0.15) is 5.60 Å². The molecule has 0 saturated carbocycles. The van der Waals surface area contributed by atoms with Crippen molar-refractivity contribution >= 4 is 23.5 Å². The molecule has 0 aliphatic carbocycles. The number of nitriles is 1. The summed E-state index contributed by atoms with van der Waals surface area (Å²) in [4.78, 5) is 12.1. The molecule has 1 fully saturated rings. The molecule has 35 heavy (non-hydrogen) atoms. The highest BCUT2D eigenvalue weighted by molar-refractivity contribution is 5.90. The number of piperazine rings is 1. The van der Waals surface area contributed by atoms with Gasteiger partial charge in [-0.2, -0.15) is 5.26 Å². The van der Waals surface area contributed by atoms with Gasteiger partial charge in [0.15, 0.2) is 0 Å². The molecule has 0 radical (unpaired) electrons. The lowest BCUT2D eigenvalue weighted by atomic mass is 10.1. The molecule has 1 N–H and O–H groups in total. The second-order valence-electron chi connectivity index (χ2n) is 9.65. The van der Waals surface area contributed by atoms with Gasteiger partial charge in [0, 0.05) is 56.4 Å². The first-order valence-corrected chi connectivity index (χ1v) is 12.2. The van der Waals surface area contributed by atoms with Crippen LogP contribution in [0.4, 0.5) is 0 Å². The number of carbonyl (C=O) groups excluding carboxylic acids is 1. The van der Waals surface area contributed by atoms with Gasteiger partial charge >= 0.3 is 0 Å². The Balaban J connectivity index is 0.000000429. The summed E-state index contributed by atoms with van der Waals surface area (Å²) in [5.74, 6) is 0. The summed E-state index contributed by atoms with van der Waals surface area (Å²) in [5.41, 5.74) is 4.02. The van der Waals surface area contributed by atoms with Crippen LogP contribution in [-0.2, 0) is 16.1 Å². The number of benzene rings is 2. The van der Waals surface area contributed by atoms with Gasteiger partial charge in [-0.15, -0.1) is 0 Å². The highest BCUT2D eigenvalue weighted by Gasteiger charge is 2.10. The normalized spacial score (nSPS) is 14.3. The Hall–Kier alpha value is -3.40. The van der Waals surface area contributed by atoms with Gasteiger partial charge < -0.3 is 19.5 Å². The van der Waals surface area contributed by atoms with E-state index in [2.05, 4.69) is 74.3 Å². The summed E-state index contributed by atoms with van der Waals surface area (Å²) >= 11 is 0. The fraction of sp³-hybridized carbons (Fsp3) is 0.379. The lowest BCUT2D eigenvalue weighted by molar-refractivity contribution is -0.138. The van der Waals surface area contributed by atoms with Crippen LogP contribution in [-0.4, -0.2) is 54.3 Å². The van der Waals surface area contributed by atoms with Crippen molar-refractivity contribution in [3.8, 4) is 6.07 Å². The fourth-order valence-electron chi connectivity index (χ4n) is 3.98. The molecule has 0 spiro atoms. The molecule has 1 saturated heterocycles. The lowest BCUT2D eigenvalue weighted by Crippen LogP contribution is -2.43. The maximum atomic E-state index is 9.60. The van der Waals surface area contributed by atoms with Crippen LogP contribution < -0.4 is 5.32 Å². The van der Waals surface area contributed by atoms with Gasteiger partial charge in [-0.25, -0.2) is 0 Å². The third-order valence-corrected chi connectivity index (χ3v) is 5.76. The average molecular weight is 473 g/mol. The van der Waals surface area contributed by atoms with Gasteiger partial charge in [0.25, 0.3) is 6.47 Å². The summed E-state index contributed by atoms with van der Waals surface area (Å²) in [6.07, 6.45) is 7.74. The van der Waals surface area contributed by atoms with Gasteiger partial charge in [0.05, 0.1) is 11.6 Å². The van der Waals surface area contributed by atoms with Crippen molar-refractivity contribution in [3.05, 3.63) is 77.5 Å². The first-order chi connectivity index (χ1) is 16.9. The Morgan fingerprint density at radius 1 is 1.11 bits per heavy atom. The number of carbonyl (C=O) groups is 1. The molecule has 6 heteroatoms. The van der Waals surface area contributed by atoms with Crippen molar-refractivity contribution < 1.29 is 9.53 Å². The minimum atomic E-state index is -0.318. The largest absolute Gasteiger partial charge is 0.462 e. The molecule has 2 aromatic carbocycles. The fourth-order valence-corrected chi connectivity index (χ4v) is 3.98. The van der Waals surface area contributed by atoms with Crippen molar-refractivity contribution in [3.63, 3.8) is 0 Å². The van der Waals surface area contributed by atoms with Gasteiger partial charge in [0.2, 0.25) is 0 Å². The zero-order valence-electron chi connectivity index (χ0n) is 21.0. The highest BCUT2D eigenvalue weighted by Crippen LogP contribution is 2.25. The molecule has 0 unspecified atom stereocenters. The summed E-state index contributed by atoms with van der Waals surface area (Å²) in [7, 11) is 0. The summed E-state index contributed by atoms with van der Waals surface area (Å²) in [6.45, 7) is 12.3. The van der Waals surface area contributed by atoms with Crippen molar-refractivity contribution in [2.45, 2.75) is 39.3 Å². The van der Waals surface area contributed by atoms with E-state index in [0.29, 0.717) is 12.0 Å². The van der Waals surface area contributed by atoms with Crippen LogP contribution in [0.15, 0.2) is 60.8 Å². The number of hydrogen-bond acceptors (Lipinski definition) is 5. The third-order valence-electron chi connectivity index (χ3n) is 5.76. The van der Waals surface area contributed by atoms with Crippen molar-refractivity contribution in [2.24, 2.45) is 0 Å². The lowest BCUT2D eigenvalue weighted by Gasteiger charge is -2.26. The molecule has 0 amide bonds. The molecule has 0 atom stereocenters. The molecule has 3 aromatic rings. The zero-order chi connectivity index (χ0) is 25.1. The van der Waals surface area contributed by atoms with E-state index in [1.54, 1.807) is 0 Å². The van der Waals surface area contributed by atoms with E-state index in [1.807, 2.05) is 39.0 Å². The van der Waals surface area contributed by atoms with E-state index in [1.165, 1.54) is 16.6 Å². The Morgan fingerprint density at radius 3 is 2.49 bits per heavy atom. The predicted molar refractivity (Wildman–Crippen MR) is 142 cm³/mol. The van der Waals surface area contributed by atoms with E-state index >= 15 is 0 Å². The van der Waals surface area contributed by atoms with Crippen LogP contribution in [0.25, 0.3) is 17.0 Å². The number of ether oxygens (including phenoxy) is 1. The Morgan fingerprint density at radius 2 is 1.86 bits per heavy atom. The van der Waals surface area contributed by atoms with E-state index in [4.69, 9.17) is 0 Å². The standard InChI is InChI=1S/C24H26N4.C5H10O2/c25-17-21-9-10-24-23(16-21)22(8-4-5-13-27-14-11-26-12-15-27)19-28(24)18-20-6-2-1-3-7-20;1-5(2,3)7-4-6/h1-4,6-10,16,19,26H,5,11-15,18H2;4H,1-3H3. The van der Waals surface area contributed by atoms with Crippen LogP contribution in [0.3, 0.4) is 0 Å². The Kier molecular flexibility index (Phi) is 9.66. The molecule has 4 rings (SSSR count). The SMILES string of the molecule is CC(C)(C)OC=O.N#Cc1ccc2c(c1)c(C=CCCN1CCNCC1)cn2Cc1ccccc1. The van der Waals surface area contributed by atoms with Crippen molar-refractivity contribution in [2.75, 3.05) is 32.7 Å². The average Bonchev–Trinajstić information content (AvgIpc) is 3.19. The second-order valence-corrected chi connectivity index (χ2v) is 9.65. The predicted octanol–water partition coefficient (Wildman–Crippen LogP) is 4.83. The van der Waals surface area contributed by atoms with Crippen LogP contribution in [0.5, 0.6) is 0 Å². The molecule has 2 heterocycles. The van der Waals surface area contributed by atoms with Gasteiger partial charge in [-0.05, 0) is 56.5 Å². The molecule has 184 valence electrons. The van der Waals surface area contributed by atoms with E-state index in [0.717, 1.165) is 51.1 Å². The van der Waals surface area contributed by atoms with Crippen LogP contribution in [0.1, 0.15) is 43.9 Å². The van der Waals surface area contributed by atoms with Gasteiger partial charge in [-0.1, -0.05) is 42.5 Å². The monoisotopic (exact) mass is 472 g/mol. The summed E-state index contributed by atoms with van der Waals surface area (Å²) in [5, 5.41) is 13.8. The Bertz CT molecular complexity index is 1150. The van der Waals surface area contributed by atoms with Crippen LogP contribution >= 0.6 is 0 Å². The molecule has 6 nitrogen and oxygen atoms in total.